The Balaban J connectivity index is 1.45. The van der Waals surface area contributed by atoms with Crippen LogP contribution in [0.25, 0.3) is 22.4 Å². The van der Waals surface area contributed by atoms with Crippen LogP contribution in [0.1, 0.15) is 25.3 Å². The van der Waals surface area contributed by atoms with Crippen molar-refractivity contribution >= 4 is 22.8 Å². The fourth-order valence-corrected chi connectivity index (χ4v) is 3.85. The normalized spacial score (nSPS) is 11.4. The zero-order valence-corrected chi connectivity index (χ0v) is 19.1. The molecule has 0 aliphatic heterocycles. The number of hydrogen-bond donors (Lipinski definition) is 1. The number of aromatic nitrogens is 5. The number of nitrogens with zero attached hydrogens (tertiary/aromatic N) is 5. The highest BCUT2D eigenvalue weighted by atomic mass is 16.5. The van der Waals surface area contributed by atoms with Gasteiger partial charge in [0.1, 0.15) is 17.8 Å². The first-order valence-corrected chi connectivity index (χ1v) is 10.9. The van der Waals surface area contributed by atoms with Gasteiger partial charge in [-0.05, 0) is 29.7 Å². The zero-order valence-electron chi connectivity index (χ0n) is 19.1. The van der Waals surface area contributed by atoms with E-state index in [1.807, 2.05) is 18.2 Å². The molecule has 5 aromatic rings. The molecule has 0 atom stereocenters. The molecule has 5 rings (SSSR count). The molecule has 3 aromatic heterocycles. The first kappa shape index (κ1) is 21.4. The Kier molecular flexibility index (Phi) is 5.37. The molecule has 0 saturated heterocycles. The monoisotopic (exact) mass is 456 g/mol. The van der Waals surface area contributed by atoms with Crippen LogP contribution in [-0.2, 0) is 11.3 Å². The molecule has 0 unspecified atom stereocenters. The van der Waals surface area contributed by atoms with E-state index >= 15 is 0 Å². The molecule has 1 amide bonds. The molecule has 2 aromatic carbocycles. The van der Waals surface area contributed by atoms with Gasteiger partial charge in [-0.2, -0.15) is 5.10 Å². The fourth-order valence-electron chi connectivity index (χ4n) is 3.85. The van der Waals surface area contributed by atoms with Crippen LogP contribution in [0, 0.1) is 0 Å². The summed E-state index contributed by atoms with van der Waals surface area (Å²) in [6.45, 7) is 4.09. The summed E-state index contributed by atoms with van der Waals surface area (Å²) in [5, 5.41) is 11.8. The Labute approximate surface area is 195 Å². The van der Waals surface area contributed by atoms with E-state index in [0.29, 0.717) is 28.5 Å². The number of fused-ring (bicyclic) bond motifs is 3. The van der Waals surface area contributed by atoms with Crippen molar-refractivity contribution in [2.45, 2.75) is 26.3 Å². The van der Waals surface area contributed by atoms with Gasteiger partial charge in [-0.25, -0.2) is 18.4 Å². The predicted octanol–water partition coefficient (Wildman–Crippen LogP) is 3.58. The second-order valence-electron chi connectivity index (χ2n) is 8.35. The third-order valence-electron chi connectivity index (χ3n) is 5.71. The summed E-state index contributed by atoms with van der Waals surface area (Å²) in [6, 6.07) is 17.2. The second kappa shape index (κ2) is 8.51. The molecule has 0 bridgehead atoms. The van der Waals surface area contributed by atoms with Crippen molar-refractivity contribution in [1.82, 2.24) is 23.8 Å². The predicted molar refractivity (Wildman–Crippen MR) is 129 cm³/mol. The average molecular weight is 457 g/mol. The van der Waals surface area contributed by atoms with E-state index < -0.39 is 5.69 Å². The van der Waals surface area contributed by atoms with Gasteiger partial charge in [0.05, 0.1) is 12.8 Å². The summed E-state index contributed by atoms with van der Waals surface area (Å²) in [7, 11) is 1.56. The van der Waals surface area contributed by atoms with Crippen molar-refractivity contribution in [3.8, 4) is 17.0 Å². The van der Waals surface area contributed by atoms with Crippen LogP contribution < -0.4 is 15.7 Å². The average Bonchev–Trinajstić information content (AvgIpc) is 3.41. The largest absolute Gasteiger partial charge is 0.497 e. The summed E-state index contributed by atoms with van der Waals surface area (Å²) >= 11 is 0. The van der Waals surface area contributed by atoms with Crippen LogP contribution in [0.15, 0.2) is 71.8 Å². The van der Waals surface area contributed by atoms with Gasteiger partial charge >= 0.3 is 5.69 Å². The number of ether oxygens (including phenoxy) is 1. The van der Waals surface area contributed by atoms with E-state index in [4.69, 9.17) is 4.74 Å². The summed E-state index contributed by atoms with van der Waals surface area (Å²) < 4.78 is 9.43. The van der Waals surface area contributed by atoms with Crippen LogP contribution in [-0.4, -0.2) is 36.8 Å². The molecule has 0 spiro atoms. The third-order valence-corrected chi connectivity index (χ3v) is 5.71. The topological polar surface area (TPSA) is 94.9 Å². The lowest BCUT2D eigenvalue weighted by Gasteiger charge is -2.06. The molecular formula is C25H24N6O3. The maximum Gasteiger partial charge on any atom is 0.350 e. The summed E-state index contributed by atoms with van der Waals surface area (Å²) in [5.41, 5.74) is 4.29. The van der Waals surface area contributed by atoms with Gasteiger partial charge < -0.3 is 10.1 Å². The Morgan fingerprint density at radius 2 is 1.85 bits per heavy atom. The van der Waals surface area contributed by atoms with Crippen molar-refractivity contribution < 1.29 is 9.53 Å². The van der Waals surface area contributed by atoms with Crippen molar-refractivity contribution in [2.75, 3.05) is 12.4 Å². The number of nitrogens with one attached hydrogen (secondary N) is 1. The molecule has 0 aliphatic rings. The summed E-state index contributed by atoms with van der Waals surface area (Å²) in [5.74, 6) is 0.710. The van der Waals surface area contributed by atoms with Crippen molar-refractivity contribution in [3.63, 3.8) is 0 Å². The summed E-state index contributed by atoms with van der Waals surface area (Å²) in [4.78, 5) is 25.4. The van der Waals surface area contributed by atoms with Crippen LogP contribution in [0.5, 0.6) is 5.75 Å². The van der Waals surface area contributed by atoms with Crippen LogP contribution in [0.2, 0.25) is 0 Å². The van der Waals surface area contributed by atoms with Gasteiger partial charge in [0.25, 0.3) is 0 Å². The lowest BCUT2D eigenvalue weighted by atomic mass is 10.0. The Morgan fingerprint density at radius 1 is 1.06 bits per heavy atom. The number of rotatable bonds is 6. The molecule has 3 heterocycles. The first-order valence-electron chi connectivity index (χ1n) is 10.9. The Bertz CT molecular complexity index is 1560. The SMILES string of the molecule is COc1cccc(NC(=O)Cn2nc3c4cc(-c5ccc(C(C)C)cc5)nn4ccn3c2=O)c1. The van der Waals surface area contributed by atoms with E-state index in [0.717, 1.165) is 15.9 Å². The second-order valence-corrected chi connectivity index (χ2v) is 8.35. The molecule has 9 nitrogen and oxygen atoms in total. The maximum absolute atomic E-state index is 12.9. The van der Waals surface area contributed by atoms with E-state index in [1.165, 1.54) is 9.96 Å². The maximum atomic E-state index is 12.9. The lowest BCUT2D eigenvalue weighted by Crippen LogP contribution is -2.28. The smallest absolute Gasteiger partial charge is 0.350 e. The highest BCUT2D eigenvalue weighted by Crippen LogP contribution is 2.24. The number of anilines is 1. The number of methoxy groups -OCH3 is 1. The number of hydrogen-bond acceptors (Lipinski definition) is 5. The van der Waals surface area contributed by atoms with Crippen molar-refractivity contribution in [3.05, 3.63) is 83.0 Å². The van der Waals surface area contributed by atoms with Gasteiger partial charge in [-0.1, -0.05) is 44.2 Å². The molecule has 34 heavy (non-hydrogen) atoms. The minimum absolute atomic E-state index is 0.221. The quantitative estimate of drug-likeness (QED) is 0.421. The highest BCUT2D eigenvalue weighted by molar-refractivity contribution is 5.90. The van der Waals surface area contributed by atoms with E-state index in [-0.39, 0.29) is 12.5 Å². The van der Waals surface area contributed by atoms with Crippen LogP contribution >= 0.6 is 0 Å². The van der Waals surface area contributed by atoms with Gasteiger partial charge in [0.15, 0.2) is 5.65 Å². The van der Waals surface area contributed by atoms with E-state index in [1.54, 1.807) is 48.3 Å². The molecule has 1 N–H and O–H groups in total. The Morgan fingerprint density at radius 3 is 2.59 bits per heavy atom. The van der Waals surface area contributed by atoms with Crippen LogP contribution in [0.4, 0.5) is 5.69 Å². The number of benzene rings is 2. The molecule has 172 valence electrons. The molecule has 9 heteroatoms. The standard InChI is InChI=1S/C25H24N6O3/c1-16(2)17-7-9-18(10-8-17)21-14-22-24-28-31(25(33)29(24)11-12-30(22)27-21)15-23(32)26-19-5-4-6-20(13-19)34-3/h4-14,16H,15H2,1-3H3,(H,26,32). The number of amides is 1. The van der Waals surface area contributed by atoms with Crippen molar-refractivity contribution in [1.29, 1.82) is 0 Å². The van der Waals surface area contributed by atoms with E-state index in [2.05, 4.69) is 41.5 Å². The van der Waals surface area contributed by atoms with Gasteiger partial charge in [0.2, 0.25) is 5.91 Å². The van der Waals surface area contributed by atoms with Gasteiger partial charge in [-0.3, -0.25) is 4.79 Å². The highest BCUT2D eigenvalue weighted by Gasteiger charge is 2.16. The zero-order chi connectivity index (χ0) is 23.8. The number of carbonyl (C=O) groups is 1. The lowest BCUT2D eigenvalue weighted by molar-refractivity contribution is -0.117. The minimum Gasteiger partial charge on any atom is -0.497 e. The van der Waals surface area contributed by atoms with Crippen molar-refractivity contribution in [2.24, 2.45) is 0 Å². The minimum atomic E-state index is -0.401. The molecular weight excluding hydrogens is 432 g/mol. The molecule has 0 saturated carbocycles. The first-order chi connectivity index (χ1) is 16.4. The Hall–Kier alpha value is -4.40. The molecule has 0 radical (unpaired) electrons. The van der Waals surface area contributed by atoms with Gasteiger partial charge in [-0.15, -0.1) is 5.10 Å². The van der Waals surface area contributed by atoms with Crippen LogP contribution in [0.3, 0.4) is 0 Å². The van der Waals surface area contributed by atoms with Gasteiger partial charge in [0, 0.05) is 29.7 Å². The summed E-state index contributed by atoms with van der Waals surface area (Å²) in [6.07, 6.45) is 3.31. The third kappa shape index (κ3) is 3.92. The number of carbonyl (C=O) groups excluding carboxylic acids is 1. The fraction of sp³-hybridized carbons (Fsp3) is 0.200. The van der Waals surface area contributed by atoms with E-state index in [9.17, 15) is 9.59 Å². The molecule has 0 aliphatic carbocycles. The molecule has 0 fully saturated rings.